The van der Waals surface area contributed by atoms with Gasteiger partial charge in [0.2, 0.25) is 5.91 Å². The minimum atomic E-state index is -0.102. The second kappa shape index (κ2) is 8.84. The lowest BCUT2D eigenvalue weighted by Crippen LogP contribution is -2.31. The molecule has 1 saturated heterocycles. The molecule has 0 aliphatic carbocycles. The molecule has 0 bridgehead atoms. The number of benzene rings is 3. The number of carbonyl (C=O) groups excluding carboxylic acids is 1. The summed E-state index contributed by atoms with van der Waals surface area (Å²) in [5, 5.41) is 11.7. The topological polar surface area (TPSA) is 45.0 Å². The zero-order valence-electron chi connectivity index (χ0n) is 17.5. The van der Waals surface area contributed by atoms with Crippen molar-refractivity contribution in [1.29, 1.82) is 0 Å². The number of carbonyl (C=O) groups is 1. The van der Waals surface area contributed by atoms with Gasteiger partial charge in [0.15, 0.2) is 5.17 Å². The van der Waals surface area contributed by atoms with E-state index >= 15 is 0 Å². The zero-order chi connectivity index (χ0) is 21.1. The van der Waals surface area contributed by atoms with Crippen molar-refractivity contribution in [2.75, 3.05) is 0 Å². The van der Waals surface area contributed by atoms with Crippen molar-refractivity contribution >= 4 is 39.8 Å². The van der Waals surface area contributed by atoms with Gasteiger partial charge in [-0.3, -0.25) is 9.69 Å². The number of thioether (sulfide) groups is 1. The summed E-state index contributed by atoms with van der Waals surface area (Å²) in [4.78, 5) is 14.8. The SMILES string of the molecule is CCC1S/C(=N/N=C/c2ccc(C)cc2C)N(Cc2cccc3ccccc23)C1=O. The van der Waals surface area contributed by atoms with E-state index in [1.54, 1.807) is 11.1 Å². The van der Waals surface area contributed by atoms with E-state index in [4.69, 9.17) is 0 Å². The minimum Gasteiger partial charge on any atom is -0.284 e. The molecule has 0 aromatic heterocycles. The Balaban J connectivity index is 1.63. The standard InChI is InChI=1S/C25H25N3OS/c1-4-23-24(29)28(16-21-10-7-9-19-8-5-6-11-22(19)21)25(30-23)27-26-15-20-13-12-17(2)14-18(20)3/h5-15,23H,4,16H2,1-3H3/b26-15+,27-25+. The molecule has 1 heterocycles. The van der Waals surface area contributed by atoms with Crippen molar-refractivity contribution < 1.29 is 4.79 Å². The number of aryl methyl sites for hydroxylation is 2. The van der Waals surface area contributed by atoms with Gasteiger partial charge in [0.1, 0.15) is 0 Å². The lowest BCUT2D eigenvalue weighted by Gasteiger charge is -2.17. The van der Waals surface area contributed by atoms with Crippen LogP contribution < -0.4 is 0 Å². The zero-order valence-corrected chi connectivity index (χ0v) is 18.3. The van der Waals surface area contributed by atoms with Crippen LogP contribution in [-0.4, -0.2) is 27.4 Å². The second-order valence-electron chi connectivity index (χ2n) is 7.56. The molecule has 1 fully saturated rings. The quantitative estimate of drug-likeness (QED) is 0.396. The maximum absolute atomic E-state index is 13.0. The Morgan fingerprint density at radius 3 is 2.67 bits per heavy atom. The maximum atomic E-state index is 13.0. The summed E-state index contributed by atoms with van der Waals surface area (Å²) in [5.41, 5.74) is 4.53. The molecule has 5 heteroatoms. The van der Waals surface area contributed by atoms with Crippen LogP contribution in [0.3, 0.4) is 0 Å². The molecule has 0 N–H and O–H groups in total. The second-order valence-corrected chi connectivity index (χ2v) is 8.73. The highest BCUT2D eigenvalue weighted by Gasteiger charge is 2.37. The van der Waals surface area contributed by atoms with Crippen LogP contribution in [0.5, 0.6) is 0 Å². The van der Waals surface area contributed by atoms with Gasteiger partial charge in [-0.25, -0.2) is 0 Å². The first-order valence-electron chi connectivity index (χ1n) is 10.2. The number of amides is 1. The summed E-state index contributed by atoms with van der Waals surface area (Å²) in [5.74, 6) is 0.107. The van der Waals surface area contributed by atoms with Crippen molar-refractivity contribution in [2.24, 2.45) is 10.2 Å². The molecule has 1 aliphatic rings. The van der Waals surface area contributed by atoms with Crippen LogP contribution in [0.4, 0.5) is 0 Å². The molecule has 1 unspecified atom stereocenters. The molecular weight excluding hydrogens is 390 g/mol. The first-order chi connectivity index (χ1) is 14.6. The van der Waals surface area contributed by atoms with Crippen LogP contribution in [0.15, 0.2) is 70.9 Å². The van der Waals surface area contributed by atoms with E-state index in [2.05, 4.69) is 60.4 Å². The fraction of sp³-hybridized carbons (Fsp3) is 0.240. The van der Waals surface area contributed by atoms with Crippen LogP contribution in [0.1, 0.15) is 35.6 Å². The Morgan fingerprint density at radius 2 is 1.87 bits per heavy atom. The average molecular weight is 416 g/mol. The Hall–Kier alpha value is -2.92. The third-order valence-electron chi connectivity index (χ3n) is 5.36. The normalized spacial score (nSPS) is 18.2. The smallest absolute Gasteiger partial charge is 0.242 e. The van der Waals surface area contributed by atoms with Crippen molar-refractivity contribution in [1.82, 2.24) is 4.90 Å². The third-order valence-corrected chi connectivity index (χ3v) is 6.70. The van der Waals surface area contributed by atoms with E-state index in [0.717, 1.165) is 28.5 Å². The highest BCUT2D eigenvalue weighted by atomic mass is 32.2. The van der Waals surface area contributed by atoms with Gasteiger partial charge in [-0.05, 0) is 47.7 Å². The summed E-state index contributed by atoms with van der Waals surface area (Å²) in [6.45, 7) is 6.68. The van der Waals surface area contributed by atoms with E-state index in [1.807, 2.05) is 31.2 Å². The van der Waals surface area contributed by atoms with Crippen LogP contribution in [0, 0.1) is 13.8 Å². The average Bonchev–Trinajstić information content (AvgIpc) is 3.05. The van der Waals surface area contributed by atoms with Crippen LogP contribution in [0.2, 0.25) is 0 Å². The molecule has 1 amide bonds. The molecule has 4 rings (SSSR count). The molecule has 0 saturated carbocycles. The van der Waals surface area contributed by atoms with Gasteiger partial charge in [0.25, 0.3) is 0 Å². The van der Waals surface area contributed by atoms with Crippen LogP contribution in [0.25, 0.3) is 10.8 Å². The number of hydrogen-bond acceptors (Lipinski definition) is 4. The fourth-order valence-corrected chi connectivity index (χ4v) is 4.73. The van der Waals surface area contributed by atoms with E-state index in [0.29, 0.717) is 11.7 Å². The van der Waals surface area contributed by atoms with Crippen molar-refractivity contribution in [3.05, 3.63) is 82.9 Å². The molecular formula is C25H25N3OS. The van der Waals surface area contributed by atoms with E-state index in [9.17, 15) is 4.79 Å². The number of rotatable bonds is 5. The fourth-order valence-electron chi connectivity index (χ4n) is 3.70. The first kappa shape index (κ1) is 20.4. The number of fused-ring (bicyclic) bond motifs is 1. The van der Waals surface area contributed by atoms with E-state index in [1.165, 1.54) is 22.7 Å². The largest absolute Gasteiger partial charge is 0.284 e. The third kappa shape index (κ3) is 4.17. The monoisotopic (exact) mass is 415 g/mol. The van der Waals surface area contributed by atoms with E-state index in [-0.39, 0.29) is 11.2 Å². The summed E-state index contributed by atoms with van der Waals surface area (Å²) >= 11 is 1.51. The van der Waals surface area contributed by atoms with Gasteiger partial charge in [-0.15, -0.1) is 5.10 Å². The van der Waals surface area contributed by atoms with Gasteiger partial charge >= 0.3 is 0 Å². The molecule has 3 aromatic rings. The Labute approximate surface area is 181 Å². The predicted molar refractivity (Wildman–Crippen MR) is 127 cm³/mol. The van der Waals surface area contributed by atoms with Gasteiger partial charge in [0, 0.05) is 0 Å². The highest BCUT2D eigenvalue weighted by Crippen LogP contribution is 2.32. The maximum Gasteiger partial charge on any atom is 0.242 e. The Kier molecular flexibility index (Phi) is 6.00. The van der Waals surface area contributed by atoms with Crippen LogP contribution >= 0.6 is 11.8 Å². The van der Waals surface area contributed by atoms with Gasteiger partial charge in [-0.1, -0.05) is 84.9 Å². The van der Waals surface area contributed by atoms with Gasteiger partial charge < -0.3 is 0 Å². The number of nitrogens with zero attached hydrogens (tertiary/aromatic N) is 3. The highest BCUT2D eigenvalue weighted by molar-refractivity contribution is 8.15. The molecule has 0 spiro atoms. The molecule has 0 radical (unpaired) electrons. The molecule has 4 nitrogen and oxygen atoms in total. The lowest BCUT2D eigenvalue weighted by atomic mass is 10.0. The lowest BCUT2D eigenvalue weighted by molar-refractivity contribution is -0.126. The van der Waals surface area contributed by atoms with Crippen molar-refractivity contribution in [3.63, 3.8) is 0 Å². The van der Waals surface area contributed by atoms with Gasteiger partial charge in [0.05, 0.1) is 18.0 Å². The molecule has 152 valence electrons. The predicted octanol–water partition coefficient (Wildman–Crippen LogP) is 5.70. The molecule has 3 aromatic carbocycles. The first-order valence-corrected chi connectivity index (χ1v) is 11.1. The van der Waals surface area contributed by atoms with Crippen molar-refractivity contribution in [2.45, 2.75) is 39.0 Å². The van der Waals surface area contributed by atoms with E-state index < -0.39 is 0 Å². The van der Waals surface area contributed by atoms with Crippen LogP contribution in [-0.2, 0) is 11.3 Å². The Bertz CT molecular complexity index is 1150. The number of amidine groups is 1. The Morgan fingerprint density at radius 1 is 1.07 bits per heavy atom. The molecule has 30 heavy (non-hydrogen) atoms. The minimum absolute atomic E-state index is 0.102. The van der Waals surface area contributed by atoms with Gasteiger partial charge in [-0.2, -0.15) is 5.10 Å². The summed E-state index contributed by atoms with van der Waals surface area (Å²) in [6.07, 6.45) is 2.54. The summed E-state index contributed by atoms with van der Waals surface area (Å²) in [6, 6.07) is 20.7. The molecule has 1 aliphatic heterocycles. The summed E-state index contributed by atoms with van der Waals surface area (Å²) in [7, 11) is 0. The summed E-state index contributed by atoms with van der Waals surface area (Å²) < 4.78 is 0. The number of hydrogen-bond donors (Lipinski definition) is 0. The molecule has 1 atom stereocenters. The van der Waals surface area contributed by atoms with Crippen molar-refractivity contribution in [3.8, 4) is 0 Å².